The molecule has 0 N–H and O–H groups in total. The van der Waals surface area contributed by atoms with Crippen LogP contribution in [0.2, 0.25) is 0 Å². The van der Waals surface area contributed by atoms with Crippen molar-refractivity contribution in [2.24, 2.45) is 0 Å². The molecule has 0 radical (unpaired) electrons. The van der Waals surface area contributed by atoms with E-state index in [2.05, 4.69) is 6.58 Å². The molecule has 1 heterocycles. The number of hydrogen-bond donors (Lipinski definition) is 0. The molecule has 0 atom stereocenters. The summed E-state index contributed by atoms with van der Waals surface area (Å²) in [7, 11) is 0. The maximum absolute atomic E-state index is 12.7. The van der Waals surface area contributed by atoms with Crippen LogP contribution in [-0.4, -0.2) is 31.4 Å². The molecule has 3 rings (SSSR count). The van der Waals surface area contributed by atoms with Gasteiger partial charge < -0.3 is 14.4 Å². The highest BCUT2D eigenvalue weighted by Gasteiger charge is 2.16. The molecule has 0 saturated heterocycles. The molecule has 25 heavy (non-hydrogen) atoms. The number of anilines is 1. The summed E-state index contributed by atoms with van der Waals surface area (Å²) in [4.78, 5) is 15.4. The second-order valence-electron chi connectivity index (χ2n) is 5.58. The third-order valence-electron chi connectivity index (χ3n) is 3.76. The van der Waals surface area contributed by atoms with Crippen LogP contribution in [0.1, 0.15) is 6.42 Å². The van der Waals surface area contributed by atoms with Crippen molar-refractivity contribution in [2.45, 2.75) is 11.3 Å². The van der Waals surface area contributed by atoms with Crippen LogP contribution < -0.4 is 14.4 Å². The highest BCUT2D eigenvalue weighted by atomic mass is 32.2. The molecule has 1 aliphatic rings. The van der Waals surface area contributed by atoms with Gasteiger partial charge in [-0.2, -0.15) is 0 Å². The summed E-state index contributed by atoms with van der Waals surface area (Å²) in [6, 6.07) is 15.5. The molecule has 0 fully saturated rings. The fraction of sp³-hybridized carbons (Fsp3) is 0.250. The van der Waals surface area contributed by atoms with Gasteiger partial charge in [-0.15, -0.1) is 18.3 Å². The number of rotatable bonds is 6. The Morgan fingerprint density at radius 1 is 1.12 bits per heavy atom. The van der Waals surface area contributed by atoms with E-state index in [1.54, 1.807) is 11.0 Å². The van der Waals surface area contributed by atoms with E-state index in [9.17, 15) is 4.79 Å². The predicted octanol–water partition coefficient (Wildman–Crippen LogP) is 4.16. The maximum atomic E-state index is 12.7. The summed E-state index contributed by atoms with van der Waals surface area (Å²) in [5, 5.41) is 0. The molecular weight excluding hydrogens is 334 g/mol. The van der Waals surface area contributed by atoms with Crippen molar-refractivity contribution in [2.75, 3.05) is 30.4 Å². The molecule has 0 saturated carbocycles. The Morgan fingerprint density at radius 2 is 1.88 bits per heavy atom. The fourth-order valence-corrected chi connectivity index (χ4v) is 3.35. The number of nitrogens with zero attached hydrogens (tertiary/aromatic N) is 1. The van der Waals surface area contributed by atoms with Gasteiger partial charge in [0.25, 0.3) is 0 Å². The zero-order valence-electron chi connectivity index (χ0n) is 14.0. The summed E-state index contributed by atoms with van der Waals surface area (Å²) in [6.45, 7) is 5.57. The Bertz CT molecular complexity index is 733. The molecule has 0 spiro atoms. The Kier molecular flexibility index (Phi) is 6.01. The first-order valence-corrected chi connectivity index (χ1v) is 9.25. The van der Waals surface area contributed by atoms with E-state index in [0.717, 1.165) is 28.5 Å². The Labute approximate surface area is 152 Å². The third-order valence-corrected chi connectivity index (χ3v) is 4.74. The summed E-state index contributed by atoms with van der Waals surface area (Å²) in [6.07, 6.45) is 2.62. The van der Waals surface area contributed by atoms with Crippen LogP contribution in [0.15, 0.2) is 66.1 Å². The Hall–Kier alpha value is -2.40. The van der Waals surface area contributed by atoms with E-state index >= 15 is 0 Å². The van der Waals surface area contributed by atoms with Gasteiger partial charge in [0.15, 0.2) is 11.5 Å². The lowest BCUT2D eigenvalue weighted by atomic mass is 10.3. The maximum Gasteiger partial charge on any atom is 0.237 e. The van der Waals surface area contributed by atoms with Crippen LogP contribution >= 0.6 is 11.8 Å². The first-order valence-electron chi connectivity index (χ1n) is 8.26. The number of para-hydroxylation sites is 1. The molecule has 0 unspecified atom stereocenters. The normalized spacial score (nSPS) is 13.0. The van der Waals surface area contributed by atoms with Crippen molar-refractivity contribution in [1.82, 2.24) is 0 Å². The minimum absolute atomic E-state index is 0.0446. The van der Waals surface area contributed by atoms with Crippen LogP contribution in [0.3, 0.4) is 0 Å². The van der Waals surface area contributed by atoms with Crippen molar-refractivity contribution in [3.63, 3.8) is 0 Å². The molecule has 2 aromatic carbocycles. The predicted molar refractivity (Wildman–Crippen MR) is 102 cm³/mol. The molecule has 130 valence electrons. The number of carbonyl (C=O) groups excluding carboxylic acids is 1. The third kappa shape index (κ3) is 4.57. The largest absolute Gasteiger partial charge is 0.490 e. The highest BCUT2D eigenvalue weighted by Crippen LogP contribution is 2.34. The molecule has 4 nitrogen and oxygen atoms in total. The lowest BCUT2D eigenvalue weighted by molar-refractivity contribution is -0.116. The van der Waals surface area contributed by atoms with Gasteiger partial charge in [0.2, 0.25) is 5.91 Å². The number of benzene rings is 2. The number of hydrogen-bond acceptors (Lipinski definition) is 4. The fourth-order valence-electron chi connectivity index (χ4n) is 2.54. The standard InChI is InChI=1S/C20H21NO3S/c1-2-11-21(16-7-4-3-5-8-16)20(22)15-25-17-9-10-18-19(14-17)24-13-6-12-23-18/h2-5,7-10,14H,1,6,11-13,15H2. The van der Waals surface area contributed by atoms with E-state index in [1.165, 1.54) is 11.8 Å². The van der Waals surface area contributed by atoms with Crippen LogP contribution in [-0.2, 0) is 4.79 Å². The van der Waals surface area contributed by atoms with Gasteiger partial charge in [0, 0.05) is 23.5 Å². The summed E-state index contributed by atoms with van der Waals surface area (Å²) in [5.41, 5.74) is 0.881. The smallest absolute Gasteiger partial charge is 0.237 e. The van der Waals surface area contributed by atoms with Gasteiger partial charge in [0.05, 0.1) is 19.0 Å². The van der Waals surface area contributed by atoms with E-state index in [4.69, 9.17) is 9.47 Å². The van der Waals surface area contributed by atoms with Crippen molar-refractivity contribution < 1.29 is 14.3 Å². The minimum atomic E-state index is 0.0446. The van der Waals surface area contributed by atoms with Gasteiger partial charge in [-0.25, -0.2) is 0 Å². The second kappa shape index (κ2) is 8.62. The molecule has 0 aromatic heterocycles. The highest BCUT2D eigenvalue weighted by molar-refractivity contribution is 8.00. The number of ether oxygens (including phenoxy) is 2. The van der Waals surface area contributed by atoms with Crippen molar-refractivity contribution in [1.29, 1.82) is 0 Å². The number of amides is 1. The Morgan fingerprint density at radius 3 is 2.64 bits per heavy atom. The van der Waals surface area contributed by atoms with E-state index in [1.807, 2.05) is 48.5 Å². The first kappa shape index (κ1) is 17.4. The number of carbonyl (C=O) groups is 1. The van der Waals surface area contributed by atoms with Crippen molar-refractivity contribution in [3.05, 3.63) is 61.2 Å². The van der Waals surface area contributed by atoms with Gasteiger partial charge >= 0.3 is 0 Å². The average Bonchev–Trinajstić information content (AvgIpc) is 2.89. The molecule has 1 aliphatic heterocycles. The first-order chi connectivity index (χ1) is 12.3. The monoisotopic (exact) mass is 355 g/mol. The minimum Gasteiger partial charge on any atom is -0.490 e. The number of thioether (sulfide) groups is 1. The summed E-state index contributed by atoms with van der Waals surface area (Å²) >= 11 is 1.50. The van der Waals surface area contributed by atoms with Crippen LogP contribution in [0.4, 0.5) is 5.69 Å². The summed E-state index contributed by atoms with van der Waals surface area (Å²) in [5.74, 6) is 1.91. The van der Waals surface area contributed by atoms with Crippen molar-refractivity contribution >= 4 is 23.4 Å². The molecule has 5 heteroatoms. The molecule has 0 aliphatic carbocycles. The van der Waals surface area contributed by atoms with Gasteiger partial charge in [-0.1, -0.05) is 24.3 Å². The van der Waals surface area contributed by atoms with Crippen LogP contribution in [0.5, 0.6) is 11.5 Å². The second-order valence-corrected chi connectivity index (χ2v) is 6.63. The van der Waals surface area contributed by atoms with E-state index < -0.39 is 0 Å². The summed E-state index contributed by atoms with van der Waals surface area (Å²) < 4.78 is 11.3. The lowest BCUT2D eigenvalue weighted by Crippen LogP contribution is -2.32. The van der Waals surface area contributed by atoms with Crippen LogP contribution in [0.25, 0.3) is 0 Å². The average molecular weight is 355 g/mol. The lowest BCUT2D eigenvalue weighted by Gasteiger charge is -2.21. The van der Waals surface area contributed by atoms with Gasteiger partial charge in [0.1, 0.15) is 0 Å². The quantitative estimate of drug-likeness (QED) is 0.576. The molecule has 0 bridgehead atoms. The van der Waals surface area contributed by atoms with E-state index in [0.29, 0.717) is 25.5 Å². The van der Waals surface area contributed by atoms with Gasteiger partial charge in [-0.05, 0) is 30.3 Å². The Balaban J connectivity index is 1.66. The zero-order chi connectivity index (χ0) is 17.5. The molecule has 1 amide bonds. The van der Waals surface area contributed by atoms with Crippen molar-refractivity contribution in [3.8, 4) is 11.5 Å². The van der Waals surface area contributed by atoms with Crippen LogP contribution in [0, 0.1) is 0 Å². The zero-order valence-corrected chi connectivity index (χ0v) is 14.8. The molecule has 2 aromatic rings. The number of fused-ring (bicyclic) bond motifs is 1. The van der Waals surface area contributed by atoms with Gasteiger partial charge in [-0.3, -0.25) is 4.79 Å². The SMILES string of the molecule is C=CCN(C(=O)CSc1ccc2c(c1)OCCCO2)c1ccccc1. The van der Waals surface area contributed by atoms with E-state index in [-0.39, 0.29) is 5.91 Å². The molecular formula is C20H21NO3S. The topological polar surface area (TPSA) is 38.8 Å².